The van der Waals surface area contributed by atoms with Crippen molar-refractivity contribution in [2.75, 3.05) is 10.6 Å². The SMILES string of the molecule is Cc1nc(-c2ccccc2)ccc1C(=O)Nc1ccc(NC(=O)NC2CC2)cc1. The van der Waals surface area contributed by atoms with Gasteiger partial charge in [-0.3, -0.25) is 9.78 Å². The van der Waals surface area contributed by atoms with Crippen molar-refractivity contribution in [3.63, 3.8) is 0 Å². The minimum absolute atomic E-state index is 0.204. The molecular weight excluding hydrogens is 364 g/mol. The molecule has 2 aromatic carbocycles. The molecule has 3 aromatic rings. The molecule has 6 heteroatoms. The zero-order chi connectivity index (χ0) is 20.2. The minimum atomic E-state index is -0.221. The summed E-state index contributed by atoms with van der Waals surface area (Å²) in [7, 11) is 0. The topological polar surface area (TPSA) is 83.1 Å². The Hall–Kier alpha value is -3.67. The molecule has 0 atom stereocenters. The summed E-state index contributed by atoms with van der Waals surface area (Å²) in [5, 5.41) is 8.52. The predicted molar refractivity (Wildman–Crippen MR) is 114 cm³/mol. The number of nitrogens with one attached hydrogen (secondary N) is 3. The van der Waals surface area contributed by atoms with Gasteiger partial charge in [0.1, 0.15) is 0 Å². The van der Waals surface area contributed by atoms with E-state index in [0.29, 0.717) is 28.7 Å². The molecule has 3 amide bonds. The van der Waals surface area contributed by atoms with Crippen LogP contribution in [0.2, 0.25) is 0 Å². The molecule has 1 saturated carbocycles. The van der Waals surface area contributed by atoms with E-state index >= 15 is 0 Å². The lowest BCUT2D eigenvalue weighted by molar-refractivity contribution is 0.102. The Kier molecular flexibility index (Phi) is 5.24. The van der Waals surface area contributed by atoms with Gasteiger partial charge < -0.3 is 16.0 Å². The van der Waals surface area contributed by atoms with Gasteiger partial charge in [0.05, 0.1) is 17.0 Å². The molecule has 0 unspecified atom stereocenters. The van der Waals surface area contributed by atoms with Crippen molar-refractivity contribution < 1.29 is 9.59 Å². The lowest BCUT2D eigenvalue weighted by atomic mass is 10.1. The van der Waals surface area contributed by atoms with Crippen molar-refractivity contribution in [2.24, 2.45) is 0 Å². The highest BCUT2D eigenvalue weighted by Crippen LogP contribution is 2.21. The van der Waals surface area contributed by atoms with Gasteiger partial charge >= 0.3 is 6.03 Å². The number of aryl methyl sites for hydroxylation is 1. The maximum atomic E-state index is 12.6. The molecule has 4 rings (SSSR count). The number of amides is 3. The van der Waals surface area contributed by atoms with Crippen LogP contribution in [-0.2, 0) is 0 Å². The van der Waals surface area contributed by atoms with Crippen LogP contribution in [0.15, 0.2) is 66.7 Å². The van der Waals surface area contributed by atoms with Crippen LogP contribution in [0.4, 0.5) is 16.2 Å². The van der Waals surface area contributed by atoms with Gasteiger partial charge in [0.2, 0.25) is 0 Å². The Morgan fingerprint density at radius 2 is 1.52 bits per heavy atom. The van der Waals surface area contributed by atoms with E-state index < -0.39 is 0 Å². The Bertz CT molecular complexity index is 1030. The third-order valence-corrected chi connectivity index (χ3v) is 4.71. The number of hydrogen-bond acceptors (Lipinski definition) is 3. The fourth-order valence-corrected chi connectivity index (χ4v) is 2.99. The van der Waals surface area contributed by atoms with Crippen LogP contribution in [0.1, 0.15) is 28.9 Å². The van der Waals surface area contributed by atoms with Crippen LogP contribution < -0.4 is 16.0 Å². The standard InChI is InChI=1S/C23H22N4O2/c1-15-20(13-14-21(24-15)16-5-3-2-4-6-16)22(28)25-17-7-9-18(10-8-17)26-23(29)27-19-11-12-19/h2-10,13-14,19H,11-12H2,1H3,(H,25,28)(H2,26,27,29). The average Bonchev–Trinajstić information content (AvgIpc) is 3.54. The molecule has 29 heavy (non-hydrogen) atoms. The smallest absolute Gasteiger partial charge is 0.319 e. The summed E-state index contributed by atoms with van der Waals surface area (Å²) in [5.74, 6) is -0.221. The van der Waals surface area contributed by atoms with Crippen LogP contribution in [0.5, 0.6) is 0 Å². The summed E-state index contributed by atoms with van der Waals surface area (Å²) in [6, 6.07) is 20.6. The van der Waals surface area contributed by atoms with Gasteiger partial charge in [-0.1, -0.05) is 30.3 Å². The maximum absolute atomic E-state index is 12.6. The molecule has 0 saturated heterocycles. The lowest BCUT2D eigenvalue weighted by Gasteiger charge is -2.10. The normalized spacial score (nSPS) is 12.9. The third kappa shape index (κ3) is 4.79. The van der Waals surface area contributed by atoms with Gasteiger partial charge in [-0.25, -0.2) is 4.79 Å². The van der Waals surface area contributed by atoms with Crippen molar-refractivity contribution in [1.29, 1.82) is 0 Å². The van der Waals surface area contributed by atoms with E-state index in [1.807, 2.05) is 43.3 Å². The summed E-state index contributed by atoms with van der Waals surface area (Å²) in [5.41, 5.74) is 4.35. The Labute approximate surface area is 169 Å². The third-order valence-electron chi connectivity index (χ3n) is 4.71. The van der Waals surface area contributed by atoms with E-state index in [4.69, 9.17) is 0 Å². The van der Waals surface area contributed by atoms with Gasteiger partial charge in [0.25, 0.3) is 5.91 Å². The van der Waals surface area contributed by atoms with Crippen molar-refractivity contribution >= 4 is 23.3 Å². The summed E-state index contributed by atoms with van der Waals surface area (Å²) < 4.78 is 0. The fraction of sp³-hybridized carbons (Fsp3) is 0.174. The van der Waals surface area contributed by atoms with E-state index in [-0.39, 0.29) is 11.9 Å². The van der Waals surface area contributed by atoms with Gasteiger partial charge in [-0.15, -0.1) is 0 Å². The second-order valence-corrected chi connectivity index (χ2v) is 7.10. The number of nitrogens with zero attached hydrogens (tertiary/aromatic N) is 1. The largest absolute Gasteiger partial charge is 0.335 e. The van der Waals surface area contributed by atoms with E-state index in [0.717, 1.165) is 24.1 Å². The molecule has 146 valence electrons. The van der Waals surface area contributed by atoms with Crippen molar-refractivity contribution in [2.45, 2.75) is 25.8 Å². The van der Waals surface area contributed by atoms with Crippen molar-refractivity contribution in [3.8, 4) is 11.3 Å². The Balaban J connectivity index is 1.40. The van der Waals surface area contributed by atoms with Gasteiger partial charge in [-0.05, 0) is 56.2 Å². The predicted octanol–water partition coefficient (Wildman–Crippen LogP) is 4.59. The molecule has 0 aliphatic heterocycles. The van der Waals surface area contributed by atoms with E-state index in [2.05, 4.69) is 20.9 Å². The molecule has 1 heterocycles. The highest BCUT2D eigenvalue weighted by atomic mass is 16.2. The molecule has 0 spiro atoms. The number of aromatic nitrogens is 1. The molecule has 1 aliphatic rings. The van der Waals surface area contributed by atoms with Gasteiger partial charge in [0.15, 0.2) is 0 Å². The average molecular weight is 386 g/mol. The van der Waals surface area contributed by atoms with Crippen LogP contribution in [0.25, 0.3) is 11.3 Å². The lowest BCUT2D eigenvalue weighted by Crippen LogP contribution is -2.30. The van der Waals surface area contributed by atoms with E-state index in [1.165, 1.54) is 0 Å². The number of rotatable bonds is 5. The molecule has 1 aromatic heterocycles. The van der Waals surface area contributed by atoms with E-state index in [1.54, 1.807) is 30.3 Å². The molecular formula is C23H22N4O2. The quantitative estimate of drug-likeness (QED) is 0.600. The Morgan fingerprint density at radius 3 is 2.14 bits per heavy atom. The zero-order valence-corrected chi connectivity index (χ0v) is 16.1. The van der Waals surface area contributed by atoms with Crippen LogP contribution in [0, 0.1) is 6.92 Å². The number of anilines is 2. The monoisotopic (exact) mass is 386 g/mol. The molecule has 1 fully saturated rings. The van der Waals surface area contributed by atoms with E-state index in [9.17, 15) is 9.59 Å². The number of urea groups is 1. The number of pyridine rings is 1. The Morgan fingerprint density at radius 1 is 0.862 bits per heavy atom. The van der Waals surface area contributed by atoms with Gasteiger partial charge in [-0.2, -0.15) is 0 Å². The van der Waals surface area contributed by atoms with Gasteiger partial charge in [0, 0.05) is 23.0 Å². The fourth-order valence-electron chi connectivity index (χ4n) is 2.99. The second kappa shape index (κ2) is 8.14. The maximum Gasteiger partial charge on any atom is 0.319 e. The van der Waals surface area contributed by atoms with Crippen LogP contribution in [-0.4, -0.2) is 23.0 Å². The summed E-state index contributed by atoms with van der Waals surface area (Å²) in [6.07, 6.45) is 2.08. The minimum Gasteiger partial charge on any atom is -0.335 e. The molecule has 0 radical (unpaired) electrons. The summed E-state index contributed by atoms with van der Waals surface area (Å²) in [4.78, 5) is 29.0. The first-order valence-electron chi connectivity index (χ1n) is 9.60. The number of carbonyl (C=O) groups is 2. The molecule has 6 nitrogen and oxygen atoms in total. The first kappa shape index (κ1) is 18.7. The number of benzene rings is 2. The van der Waals surface area contributed by atoms with Crippen molar-refractivity contribution in [1.82, 2.24) is 10.3 Å². The molecule has 0 bridgehead atoms. The summed E-state index contributed by atoms with van der Waals surface area (Å²) in [6.45, 7) is 1.83. The first-order valence-corrected chi connectivity index (χ1v) is 9.60. The van der Waals surface area contributed by atoms with Crippen LogP contribution in [0.3, 0.4) is 0 Å². The zero-order valence-electron chi connectivity index (χ0n) is 16.1. The van der Waals surface area contributed by atoms with Crippen LogP contribution >= 0.6 is 0 Å². The van der Waals surface area contributed by atoms with Crippen molar-refractivity contribution in [3.05, 3.63) is 78.0 Å². The summed E-state index contributed by atoms with van der Waals surface area (Å²) >= 11 is 0. The first-order chi connectivity index (χ1) is 14.1. The second-order valence-electron chi connectivity index (χ2n) is 7.10. The number of hydrogen-bond donors (Lipinski definition) is 3. The molecule has 3 N–H and O–H groups in total. The molecule has 1 aliphatic carbocycles. The highest BCUT2D eigenvalue weighted by Gasteiger charge is 2.23. The number of carbonyl (C=O) groups excluding carboxylic acids is 2. The highest BCUT2D eigenvalue weighted by molar-refractivity contribution is 6.05.